The van der Waals surface area contributed by atoms with Gasteiger partial charge in [0.2, 0.25) is 0 Å². The maximum absolute atomic E-state index is 6.34. The first-order valence-corrected chi connectivity index (χ1v) is 14.0. The number of hydrogen-bond acceptors (Lipinski definition) is 4. The molecule has 0 atom stereocenters. The molecule has 0 spiro atoms. The quantitative estimate of drug-likeness (QED) is 0.218. The molecule has 0 aliphatic rings. The Labute approximate surface area is 243 Å². The molecule has 0 N–H and O–H groups in total. The zero-order valence-electron chi connectivity index (χ0n) is 22.7. The Morgan fingerprint density at radius 2 is 1.19 bits per heavy atom. The van der Waals surface area contributed by atoms with Gasteiger partial charge in [0, 0.05) is 34.2 Å². The molecule has 5 aromatic carbocycles. The summed E-state index contributed by atoms with van der Waals surface area (Å²) in [6.07, 6.45) is 1.79. The lowest BCUT2D eigenvalue weighted by Crippen LogP contribution is -2.09. The third-order valence-corrected chi connectivity index (χ3v) is 7.69. The van der Waals surface area contributed by atoms with E-state index in [1.807, 2.05) is 42.5 Å². The molecule has 0 unspecified atom stereocenters. The lowest BCUT2D eigenvalue weighted by molar-refractivity contribution is 0.671. The molecule has 8 rings (SSSR count). The van der Waals surface area contributed by atoms with Gasteiger partial charge < -0.3 is 9.32 Å². The van der Waals surface area contributed by atoms with Crippen LogP contribution in [-0.2, 0) is 0 Å². The Bertz CT molecular complexity index is 2150. The summed E-state index contributed by atoms with van der Waals surface area (Å²) in [6, 6.07) is 50.3. The van der Waals surface area contributed by atoms with Crippen molar-refractivity contribution in [3.05, 3.63) is 152 Å². The maximum Gasteiger partial charge on any atom is 0.165 e. The molecular weight excluding hydrogens is 514 g/mol. The van der Waals surface area contributed by atoms with E-state index in [1.54, 1.807) is 6.20 Å². The molecule has 0 radical (unpaired) electrons. The highest BCUT2D eigenvalue weighted by Crippen LogP contribution is 2.40. The van der Waals surface area contributed by atoms with Gasteiger partial charge in [-0.25, -0.2) is 4.98 Å². The van der Waals surface area contributed by atoms with E-state index in [4.69, 9.17) is 9.40 Å². The number of rotatable bonds is 5. The highest BCUT2D eigenvalue weighted by Gasteiger charge is 2.19. The average molecular weight is 540 g/mol. The van der Waals surface area contributed by atoms with Crippen molar-refractivity contribution in [2.24, 2.45) is 0 Å². The number of aromatic nitrogens is 2. The maximum atomic E-state index is 6.34. The van der Waals surface area contributed by atoms with Gasteiger partial charge in [-0.15, -0.1) is 0 Å². The fourth-order valence-electron chi connectivity index (χ4n) is 5.74. The number of para-hydroxylation sites is 3. The first-order chi connectivity index (χ1) is 20.8. The molecule has 0 saturated heterocycles. The zero-order chi connectivity index (χ0) is 27.9. The van der Waals surface area contributed by atoms with Crippen LogP contribution in [0.15, 0.2) is 156 Å². The minimum atomic E-state index is 0.772. The zero-order valence-corrected chi connectivity index (χ0v) is 22.7. The summed E-state index contributed by atoms with van der Waals surface area (Å²) in [5.74, 6) is 0. The Balaban J connectivity index is 1.23. The van der Waals surface area contributed by atoms with Crippen LogP contribution in [0.1, 0.15) is 0 Å². The second-order valence-corrected chi connectivity index (χ2v) is 10.3. The number of fused-ring (bicyclic) bond motifs is 5. The molecule has 0 aliphatic heterocycles. The second kappa shape index (κ2) is 10.0. The van der Waals surface area contributed by atoms with Crippen LogP contribution in [0.25, 0.3) is 55.4 Å². The standard InChI is InChI=1S/C38H25N3O/c1-3-13-29(14-4-1)41(30-15-5-2-6-16-30)31-22-20-26(21-23-31)27-11-9-12-28(25-27)36-35-32-17-7-8-19-34(32)42-38(35)37-33(40-36)18-10-24-39-37/h1-25H. The molecule has 4 heteroatoms. The summed E-state index contributed by atoms with van der Waals surface area (Å²) in [5.41, 5.74) is 10.7. The summed E-state index contributed by atoms with van der Waals surface area (Å²) in [4.78, 5) is 12.0. The van der Waals surface area contributed by atoms with Gasteiger partial charge in [0.15, 0.2) is 5.58 Å². The van der Waals surface area contributed by atoms with Crippen molar-refractivity contribution >= 4 is 50.0 Å². The van der Waals surface area contributed by atoms with Crippen LogP contribution in [0, 0.1) is 0 Å². The van der Waals surface area contributed by atoms with Crippen LogP contribution >= 0.6 is 0 Å². The van der Waals surface area contributed by atoms with E-state index >= 15 is 0 Å². The monoisotopic (exact) mass is 539 g/mol. The number of furan rings is 1. The molecule has 8 aromatic rings. The van der Waals surface area contributed by atoms with Crippen LogP contribution in [0.2, 0.25) is 0 Å². The third kappa shape index (κ3) is 4.09. The lowest BCUT2D eigenvalue weighted by Gasteiger charge is -2.25. The van der Waals surface area contributed by atoms with Gasteiger partial charge in [-0.2, -0.15) is 0 Å². The first kappa shape index (κ1) is 24.1. The summed E-state index contributed by atoms with van der Waals surface area (Å²) < 4.78 is 6.34. The van der Waals surface area contributed by atoms with Crippen molar-refractivity contribution < 1.29 is 4.42 Å². The molecule has 0 fully saturated rings. The Morgan fingerprint density at radius 1 is 0.524 bits per heavy atom. The van der Waals surface area contributed by atoms with Gasteiger partial charge in [0.1, 0.15) is 11.1 Å². The molecule has 42 heavy (non-hydrogen) atoms. The van der Waals surface area contributed by atoms with Gasteiger partial charge in [-0.3, -0.25) is 4.98 Å². The van der Waals surface area contributed by atoms with Crippen molar-refractivity contribution in [1.82, 2.24) is 9.97 Å². The van der Waals surface area contributed by atoms with E-state index in [2.05, 4.69) is 113 Å². The van der Waals surface area contributed by atoms with E-state index in [0.29, 0.717) is 0 Å². The highest BCUT2D eigenvalue weighted by atomic mass is 16.3. The van der Waals surface area contributed by atoms with Gasteiger partial charge in [0.25, 0.3) is 0 Å². The number of benzene rings is 5. The minimum absolute atomic E-state index is 0.772. The van der Waals surface area contributed by atoms with E-state index in [-0.39, 0.29) is 0 Å². The Kier molecular flexibility index (Phi) is 5.75. The third-order valence-electron chi connectivity index (χ3n) is 7.69. The van der Waals surface area contributed by atoms with Crippen LogP contribution in [0.5, 0.6) is 0 Å². The summed E-state index contributed by atoms with van der Waals surface area (Å²) in [5, 5.41) is 2.03. The summed E-state index contributed by atoms with van der Waals surface area (Å²) in [6.45, 7) is 0. The average Bonchev–Trinajstić information content (AvgIpc) is 3.46. The molecule has 0 saturated carbocycles. The SMILES string of the molecule is c1ccc(N(c2ccccc2)c2ccc(-c3cccc(-c4nc5cccnc5c5oc6ccccc6c45)c3)cc2)cc1. The number of hydrogen-bond donors (Lipinski definition) is 0. The van der Waals surface area contributed by atoms with E-state index < -0.39 is 0 Å². The van der Waals surface area contributed by atoms with Gasteiger partial charge in [-0.1, -0.05) is 84.9 Å². The lowest BCUT2D eigenvalue weighted by atomic mass is 9.98. The smallest absolute Gasteiger partial charge is 0.165 e. The number of nitrogens with zero attached hydrogens (tertiary/aromatic N) is 3. The van der Waals surface area contributed by atoms with E-state index in [0.717, 1.165) is 72.4 Å². The Hall–Kier alpha value is -5.74. The molecule has 0 aliphatic carbocycles. The van der Waals surface area contributed by atoms with Crippen molar-refractivity contribution in [1.29, 1.82) is 0 Å². The molecule has 3 aromatic heterocycles. The van der Waals surface area contributed by atoms with Crippen LogP contribution in [0.4, 0.5) is 17.1 Å². The fraction of sp³-hybridized carbons (Fsp3) is 0. The summed E-state index contributed by atoms with van der Waals surface area (Å²) in [7, 11) is 0. The Morgan fingerprint density at radius 3 is 1.95 bits per heavy atom. The molecule has 198 valence electrons. The van der Waals surface area contributed by atoms with Crippen LogP contribution in [-0.4, -0.2) is 9.97 Å². The van der Waals surface area contributed by atoms with Gasteiger partial charge in [-0.05, 0) is 71.8 Å². The molecule has 0 amide bonds. The predicted octanol–water partition coefficient (Wildman–Crippen LogP) is 10.3. The number of pyridine rings is 2. The summed E-state index contributed by atoms with van der Waals surface area (Å²) >= 11 is 0. The highest BCUT2D eigenvalue weighted by molar-refractivity contribution is 6.18. The van der Waals surface area contributed by atoms with Crippen molar-refractivity contribution in [2.75, 3.05) is 4.90 Å². The number of anilines is 3. The van der Waals surface area contributed by atoms with Crippen LogP contribution < -0.4 is 4.90 Å². The van der Waals surface area contributed by atoms with E-state index in [9.17, 15) is 0 Å². The van der Waals surface area contributed by atoms with Crippen molar-refractivity contribution in [3.8, 4) is 22.4 Å². The van der Waals surface area contributed by atoms with Crippen molar-refractivity contribution in [2.45, 2.75) is 0 Å². The molecule has 3 heterocycles. The normalized spacial score (nSPS) is 11.3. The molecule has 4 nitrogen and oxygen atoms in total. The molecule has 0 bridgehead atoms. The topological polar surface area (TPSA) is 42.2 Å². The predicted molar refractivity (Wildman–Crippen MR) is 172 cm³/mol. The van der Waals surface area contributed by atoms with Crippen LogP contribution in [0.3, 0.4) is 0 Å². The van der Waals surface area contributed by atoms with Crippen molar-refractivity contribution in [3.63, 3.8) is 0 Å². The fourth-order valence-corrected chi connectivity index (χ4v) is 5.74. The molecular formula is C38H25N3O. The largest absolute Gasteiger partial charge is 0.454 e. The van der Waals surface area contributed by atoms with Gasteiger partial charge >= 0.3 is 0 Å². The first-order valence-electron chi connectivity index (χ1n) is 14.0. The van der Waals surface area contributed by atoms with Gasteiger partial charge in [0.05, 0.1) is 16.6 Å². The second-order valence-electron chi connectivity index (χ2n) is 10.3. The minimum Gasteiger partial charge on any atom is -0.454 e. The van der Waals surface area contributed by atoms with E-state index in [1.165, 1.54) is 0 Å².